The lowest BCUT2D eigenvalue weighted by molar-refractivity contribution is -0.136. The summed E-state index contributed by atoms with van der Waals surface area (Å²) in [5, 5.41) is 11.5. The average Bonchev–Trinajstić information content (AvgIpc) is 2.19. The van der Waals surface area contributed by atoms with Gasteiger partial charge in [-0.2, -0.15) is 0 Å². The zero-order valence-corrected chi connectivity index (χ0v) is 9.46. The molecular formula is C12H16FNO2. The van der Waals surface area contributed by atoms with Crippen molar-refractivity contribution in [3.8, 4) is 0 Å². The molecule has 1 atom stereocenters. The first kappa shape index (κ1) is 12.5. The van der Waals surface area contributed by atoms with Crippen LogP contribution in [-0.2, 0) is 4.79 Å². The maximum Gasteiger partial charge on any atom is 0.305 e. The van der Waals surface area contributed by atoms with Crippen LogP contribution in [0.2, 0.25) is 0 Å². The van der Waals surface area contributed by atoms with Crippen LogP contribution in [0, 0.1) is 6.92 Å². The monoisotopic (exact) mass is 225 g/mol. The molecule has 0 fully saturated rings. The number of benzene rings is 1. The van der Waals surface area contributed by atoms with Crippen molar-refractivity contribution in [2.45, 2.75) is 26.4 Å². The van der Waals surface area contributed by atoms with Crippen LogP contribution in [0.1, 0.15) is 30.6 Å². The first-order valence-electron chi connectivity index (χ1n) is 5.21. The molecule has 0 aliphatic heterocycles. The highest BCUT2D eigenvalue weighted by Gasteiger charge is 2.05. The molecule has 0 heterocycles. The van der Waals surface area contributed by atoms with Gasteiger partial charge in [0, 0.05) is 12.2 Å². The van der Waals surface area contributed by atoms with Crippen molar-refractivity contribution in [2.24, 2.45) is 0 Å². The first-order valence-corrected chi connectivity index (χ1v) is 5.21. The second-order valence-electron chi connectivity index (χ2n) is 3.76. The Morgan fingerprint density at radius 1 is 1.56 bits per heavy atom. The lowest BCUT2D eigenvalue weighted by atomic mass is 10.1. The molecule has 0 saturated carbocycles. The van der Waals surface area contributed by atoms with Crippen LogP contribution in [-0.4, -0.2) is 17.6 Å². The van der Waals surface area contributed by atoms with Crippen LogP contribution >= 0.6 is 0 Å². The quantitative estimate of drug-likeness (QED) is 0.810. The van der Waals surface area contributed by atoms with Gasteiger partial charge in [0.15, 0.2) is 0 Å². The molecule has 1 unspecified atom stereocenters. The fraction of sp³-hybridized carbons (Fsp3) is 0.417. The number of alkyl halides is 1. The van der Waals surface area contributed by atoms with E-state index in [-0.39, 0.29) is 6.42 Å². The molecule has 0 saturated heterocycles. The lowest BCUT2D eigenvalue weighted by Gasteiger charge is -2.10. The Kier molecular flexibility index (Phi) is 4.28. The van der Waals surface area contributed by atoms with Crippen LogP contribution in [0.25, 0.3) is 0 Å². The van der Waals surface area contributed by atoms with Crippen molar-refractivity contribution in [3.63, 3.8) is 0 Å². The third kappa shape index (κ3) is 3.53. The lowest BCUT2D eigenvalue weighted by Crippen LogP contribution is -2.08. The normalized spacial score (nSPS) is 12.2. The smallest absolute Gasteiger partial charge is 0.305 e. The largest absolute Gasteiger partial charge is 0.481 e. The van der Waals surface area contributed by atoms with Crippen molar-refractivity contribution >= 4 is 11.7 Å². The van der Waals surface area contributed by atoms with Gasteiger partial charge < -0.3 is 10.4 Å². The number of rotatable bonds is 5. The van der Waals surface area contributed by atoms with Crippen LogP contribution < -0.4 is 5.32 Å². The van der Waals surface area contributed by atoms with Gasteiger partial charge in [0.2, 0.25) is 0 Å². The highest BCUT2D eigenvalue weighted by molar-refractivity contribution is 5.67. The number of carboxylic acids is 1. The maximum atomic E-state index is 13.0. The van der Waals surface area contributed by atoms with Crippen molar-refractivity contribution < 1.29 is 14.3 Å². The van der Waals surface area contributed by atoms with Crippen LogP contribution in [0.5, 0.6) is 0 Å². The summed E-state index contributed by atoms with van der Waals surface area (Å²) in [7, 11) is 0. The van der Waals surface area contributed by atoms with E-state index in [0.717, 1.165) is 11.3 Å². The third-order valence-corrected chi connectivity index (χ3v) is 2.36. The first-order chi connectivity index (χ1) is 7.50. The highest BCUT2D eigenvalue weighted by Crippen LogP contribution is 2.22. The molecule has 0 bridgehead atoms. The van der Waals surface area contributed by atoms with Gasteiger partial charge in [-0.3, -0.25) is 4.79 Å². The Labute approximate surface area is 94.3 Å². The summed E-state index contributed by atoms with van der Waals surface area (Å²) in [6, 6.07) is 5.26. The van der Waals surface area contributed by atoms with E-state index in [1.54, 1.807) is 18.2 Å². The molecule has 4 heteroatoms. The van der Waals surface area contributed by atoms with Crippen LogP contribution in [0.4, 0.5) is 10.1 Å². The predicted octanol–water partition coefficient (Wildman–Crippen LogP) is 2.91. The Morgan fingerprint density at radius 3 is 2.75 bits per heavy atom. The fourth-order valence-electron chi connectivity index (χ4n) is 1.44. The summed E-state index contributed by atoms with van der Waals surface area (Å²) in [5.74, 6) is -0.834. The van der Waals surface area contributed by atoms with Gasteiger partial charge in [-0.15, -0.1) is 0 Å². The maximum absolute atomic E-state index is 13.0. The summed E-state index contributed by atoms with van der Waals surface area (Å²) in [5.41, 5.74) is 2.42. The second kappa shape index (κ2) is 5.49. The summed E-state index contributed by atoms with van der Waals surface area (Å²) in [4.78, 5) is 10.3. The molecule has 0 amide bonds. The summed E-state index contributed by atoms with van der Waals surface area (Å²) >= 11 is 0. The number of nitrogens with one attached hydrogen (secondary N) is 1. The zero-order valence-electron chi connectivity index (χ0n) is 9.46. The van der Waals surface area contributed by atoms with Gasteiger partial charge in [-0.05, 0) is 31.0 Å². The molecule has 0 aromatic heterocycles. The molecular weight excluding hydrogens is 209 g/mol. The molecule has 1 aromatic rings. The van der Waals surface area contributed by atoms with Gasteiger partial charge >= 0.3 is 5.97 Å². The Bertz CT molecular complexity index is 377. The number of hydrogen-bond acceptors (Lipinski definition) is 2. The van der Waals surface area contributed by atoms with Crippen molar-refractivity contribution in [1.29, 1.82) is 0 Å². The van der Waals surface area contributed by atoms with Crippen LogP contribution in [0.15, 0.2) is 18.2 Å². The van der Waals surface area contributed by atoms with E-state index in [2.05, 4.69) is 5.32 Å². The van der Waals surface area contributed by atoms with Crippen LogP contribution in [0.3, 0.4) is 0 Å². The zero-order chi connectivity index (χ0) is 12.1. The summed E-state index contributed by atoms with van der Waals surface area (Å²) in [6.07, 6.45) is -0.910. The number of carbonyl (C=O) groups is 1. The molecule has 0 aliphatic rings. The number of aliphatic carboxylic acids is 1. The molecule has 0 spiro atoms. The van der Waals surface area contributed by atoms with E-state index < -0.39 is 12.1 Å². The second-order valence-corrected chi connectivity index (χ2v) is 3.76. The minimum atomic E-state index is -0.980. The minimum Gasteiger partial charge on any atom is -0.481 e. The predicted molar refractivity (Wildman–Crippen MR) is 61.4 cm³/mol. The molecule has 88 valence electrons. The van der Waals surface area contributed by atoms with E-state index in [1.165, 1.54) is 6.92 Å². The average molecular weight is 225 g/mol. The molecule has 3 nitrogen and oxygen atoms in total. The Hall–Kier alpha value is -1.58. The van der Waals surface area contributed by atoms with Gasteiger partial charge in [-0.25, -0.2) is 4.39 Å². The molecule has 16 heavy (non-hydrogen) atoms. The van der Waals surface area contributed by atoms with Gasteiger partial charge in [0.1, 0.15) is 6.17 Å². The summed E-state index contributed by atoms with van der Waals surface area (Å²) < 4.78 is 13.0. The van der Waals surface area contributed by atoms with Crippen molar-refractivity contribution in [3.05, 3.63) is 29.3 Å². The molecule has 0 aliphatic carbocycles. The van der Waals surface area contributed by atoms with Gasteiger partial charge in [0.25, 0.3) is 0 Å². The summed E-state index contributed by atoms with van der Waals surface area (Å²) in [6.45, 7) is 3.74. The SMILES string of the molecule is Cc1cc(C(C)F)ccc1NCCC(=O)O. The third-order valence-electron chi connectivity index (χ3n) is 2.36. The molecule has 1 aromatic carbocycles. The standard InChI is InChI=1S/C12H16FNO2/c1-8-7-10(9(2)13)3-4-11(8)14-6-5-12(15)16/h3-4,7,9,14H,5-6H2,1-2H3,(H,15,16). The van der Waals surface area contributed by atoms with Crippen molar-refractivity contribution in [2.75, 3.05) is 11.9 Å². The number of halogens is 1. The van der Waals surface area contributed by atoms with Gasteiger partial charge in [-0.1, -0.05) is 12.1 Å². The van der Waals surface area contributed by atoms with E-state index in [9.17, 15) is 9.18 Å². The van der Waals surface area contributed by atoms with E-state index >= 15 is 0 Å². The molecule has 2 N–H and O–H groups in total. The Balaban J connectivity index is 2.64. The number of hydrogen-bond donors (Lipinski definition) is 2. The van der Waals surface area contributed by atoms with E-state index in [1.807, 2.05) is 6.92 Å². The molecule has 0 radical (unpaired) electrons. The van der Waals surface area contributed by atoms with Gasteiger partial charge in [0.05, 0.1) is 6.42 Å². The van der Waals surface area contributed by atoms with E-state index in [0.29, 0.717) is 12.1 Å². The highest BCUT2D eigenvalue weighted by atomic mass is 19.1. The molecule has 1 rings (SSSR count). The Morgan fingerprint density at radius 2 is 2.25 bits per heavy atom. The topological polar surface area (TPSA) is 49.3 Å². The number of aryl methyl sites for hydroxylation is 1. The van der Waals surface area contributed by atoms with E-state index in [4.69, 9.17) is 5.11 Å². The number of carboxylic acid groups (broad SMARTS) is 1. The fourth-order valence-corrected chi connectivity index (χ4v) is 1.44. The minimum absolute atomic E-state index is 0.0701. The van der Waals surface area contributed by atoms with Crippen molar-refractivity contribution in [1.82, 2.24) is 0 Å². The number of anilines is 1.